The van der Waals surface area contributed by atoms with Gasteiger partial charge >= 0.3 is 0 Å². The molecule has 1 N–H and O–H groups in total. The predicted octanol–water partition coefficient (Wildman–Crippen LogP) is 2.27. The Balaban J connectivity index is 1.62. The molecule has 0 radical (unpaired) electrons. The molecule has 8 heteroatoms. The van der Waals surface area contributed by atoms with Crippen molar-refractivity contribution in [3.63, 3.8) is 0 Å². The number of imide groups is 1. The van der Waals surface area contributed by atoms with E-state index in [1.54, 1.807) is 31.2 Å². The topological polar surface area (TPSA) is 105 Å². The van der Waals surface area contributed by atoms with Crippen molar-refractivity contribution in [2.45, 2.75) is 39.7 Å². The van der Waals surface area contributed by atoms with E-state index in [-0.39, 0.29) is 30.7 Å². The quantitative estimate of drug-likeness (QED) is 0.750. The van der Waals surface area contributed by atoms with Crippen LogP contribution in [0.5, 0.6) is 0 Å². The maximum absolute atomic E-state index is 12.4. The number of aryl methyl sites for hydroxylation is 1. The number of nitrogens with zero attached hydrogens (tertiary/aromatic N) is 3. The molecule has 2 aromatic rings. The highest BCUT2D eigenvalue weighted by Gasteiger charge is 2.35. The molecule has 0 saturated carbocycles. The predicted molar refractivity (Wildman–Crippen MR) is 95.8 cm³/mol. The van der Waals surface area contributed by atoms with E-state index in [1.807, 2.05) is 13.8 Å². The lowest BCUT2D eigenvalue weighted by molar-refractivity contribution is -0.122. The van der Waals surface area contributed by atoms with E-state index in [2.05, 4.69) is 15.5 Å². The molecule has 0 bridgehead atoms. The summed E-state index contributed by atoms with van der Waals surface area (Å²) in [6.45, 7) is 5.77. The Morgan fingerprint density at radius 2 is 1.78 bits per heavy atom. The van der Waals surface area contributed by atoms with Crippen LogP contribution in [-0.2, 0) is 4.79 Å². The Hall–Kier alpha value is -3.03. The summed E-state index contributed by atoms with van der Waals surface area (Å²) in [5.74, 6) is 0.0745. The normalized spacial score (nSPS) is 14.6. The first-order chi connectivity index (χ1) is 12.9. The summed E-state index contributed by atoms with van der Waals surface area (Å²) in [6.07, 6.45) is 0.646. The number of benzene rings is 1. The molecule has 3 rings (SSSR count). The second-order valence-electron chi connectivity index (χ2n) is 6.97. The Kier molecular flexibility index (Phi) is 5.34. The number of aromatic nitrogens is 2. The summed E-state index contributed by atoms with van der Waals surface area (Å²) < 4.78 is 5.45. The molecule has 3 amide bonds. The smallest absolute Gasteiger partial charge is 0.261 e. The van der Waals surface area contributed by atoms with Crippen LogP contribution < -0.4 is 5.32 Å². The fourth-order valence-electron chi connectivity index (χ4n) is 3.07. The molecule has 1 aromatic heterocycles. The van der Waals surface area contributed by atoms with Gasteiger partial charge in [0.25, 0.3) is 11.8 Å². The maximum atomic E-state index is 12.4. The first-order valence-corrected chi connectivity index (χ1v) is 8.91. The van der Waals surface area contributed by atoms with Crippen LogP contribution in [0.2, 0.25) is 0 Å². The van der Waals surface area contributed by atoms with Crippen LogP contribution in [0.3, 0.4) is 0 Å². The van der Waals surface area contributed by atoms with Gasteiger partial charge in [-0.2, -0.15) is 0 Å². The van der Waals surface area contributed by atoms with Crippen LogP contribution >= 0.6 is 0 Å². The first kappa shape index (κ1) is 18.8. The van der Waals surface area contributed by atoms with Crippen LogP contribution in [0.4, 0.5) is 0 Å². The van der Waals surface area contributed by atoms with Gasteiger partial charge in [0, 0.05) is 19.9 Å². The highest BCUT2D eigenvalue weighted by atomic mass is 16.4. The third-order valence-electron chi connectivity index (χ3n) is 4.32. The average molecular weight is 370 g/mol. The molecule has 1 aliphatic rings. The SMILES string of the molecule is Cc1nnc(C(CC(C)C)NC(=O)CCN2C(=O)c3ccccc3C2=O)o1. The lowest BCUT2D eigenvalue weighted by atomic mass is 10.0. The van der Waals surface area contributed by atoms with E-state index >= 15 is 0 Å². The highest BCUT2D eigenvalue weighted by molar-refractivity contribution is 6.21. The zero-order valence-corrected chi connectivity index (χ0v) is 15.6. The van der Waals surface area contributed by atoms with Gasteiger partial charge in [0.1, 0.15) is 6.04 Å². The Morgan fingerprint density at radius 3 is 2.30 bits per heavy atom. The monoisotopic (exact) mass is 370 g/mol. The Labute approximate surface area is 156 Å². The second kappa shape index (κ2) is 7.69. The van der Waals surface area contributed by atoms with Crippen molar-refractivity contribution in [2.24, 2.45) is 5.92 Å². The van der Waals surface area contributed by atoms with Gasteiger partial charge in [-0.15, -0.1) is 10.2 Å². The molecular weight excluding hydrogens is 348 g/mol. The molecule has 0 spiro atoms. The fourth-order valence-corrected chi connectivity index (χ4v) is 3.07. The van der Waals surface area contributed by atoms with Crippen molar-refractivity contribution in [3.05, 3.63) is 47.2 Å². The molecule has 0 saturated heterocycles. The van der Waals surface area contributed by atoms with Gasteiger partial charge in [0.05, 0.1) is 11.1 Å². The average Bonchev–Trinajstić information content (AvgIpc) is 3.16. The molecule has 27 heavy (non-hydrogen) atoms. The van der Waals surface area contributed by atoms with Crippen LogP contribution in [0.1, 0.15) is 65.2 Å². The largest absolute Gasteiger partial charge is 0.423 e. The highest BCUT2D eigenvalue weighted by Crippen LogP contribution is 2.23. The molecule has 8 nitrogen and oxygen atoms in total. The van der Waals surface area contributed by atoms with Crippen LogP contribution in [0.15, 0.2) is 28.7 Å². The molecule has 1 atom stereocenters. The lowest BCUT2D eigenvalue weighted by Crippen LogP contribution is -2.36. The van der Waals surface area contributed by atoms with Gasteiger partial charge in [-0.3, -0.25) is 19.3 Å². The zero-order valence-electron chi connectivity index (χ0n) is 15.6. The van der Waals surface area contributed by atoms with Crippen molar-refractivity contribution in [1.29, 1.82) is 0 Å². The van der Waals surface area contributed by atoms with Crippen molar-refractivity contribution >= 4 is 17.7 Å². The fraction of sp³-hybridized carbons (Fsp3) is 0.421. The van der Waals surface area contributed by atoms with Crippen molar-refractivity contribution in [3.8, 4) is 0 Å². The minimum atomic E-state index is -0.402. The Bertz CT molecular complexity index is 839. The number of rotatable bonds is 7. The minimum absolute atomic E-state index is 0.00713. The van der Waals surface area contributed by atoms with E-state index in [0.717, 1.165) is 4.90 Å². The third kappa shape index (κ3) is 4.05. The summed E-state index contributed by atoms with van der Waals surface area (Å²) in [5.41, 5.74) is 0.754. The van der Waals surface area contributed by atoms with Gasteiger partial charge in [0.15, 0.2) is 0 Å². The van der Waals surface area contributed by atoms with Gasteiger partial charge < -0.3 is 9.73 Å². The number of hydrogen-bond acceptors (Lipinski definition) is 6. The summed E-state index contributed by atoms with van der Waals surface area (Å²) in [6, 6.07) is 6.26. The summed E-state index contributed by atoms with van der Waals surface area (Å²) in [4.78, 5) is 38.2. The van der Waals surface area contributed by atoms with Crippen LogP contribution in [0.25, 0.3) is 0 Å². The molecule has 1 aliphatic heterocycles. The number of carbonyl (C=O) groups is 3. The summed E-state index contributed by atoms with van der Waals surface area (Å²) in [5, 5.41) is 10.7. The van der Waals surface area contributed by atoms with E-state index in [4.69, 9.17) is 4.42 Å². The van der Waals surface area contributed by atoms with Crippen LogP contribution in [0, 0.1) is 12.8 Å². The second-order valence-corrected chi connectivity index (χ2v) is 6.97. The molecule has 1 unspecified atom stereocenters. The molecule has 0 aliphatic carbocycles. The summed E-state index contributed by atoms with van der Waals surface area (Å²) in [7, 11) is 0. The lowest BCUT2D eigenvalue weighted by Gasteiger charge is -2.18. The number of nitrogens with one attached hydrogen (secondary N) is 1. The minimum Gasteiger partial charge on any atom is -0.423 e. The molecule has 142 valence electrons. The number of carbonyl (C=O) groups excluding carboxylic acids is 3. The van der Waals surface area contributed by atoms with E-state index in [9.17, 15) is 14.4 Å². The van der Waals surface area contributed by atoms with Crippen LogP contribution in [-0.4, -0.2) is 39.4 Å². The molecule has 1 aromatic carbocycles. The van der Waals surface area contributed by atoms with Gasteiger partial charge in [-0.25, -0.2) is 0 Å². The number of amides is 3. The van der Waals surface area contributed by atoms with E-state index in [1.165, 1.54) is 0 Å². The van der Waals surface area contributed by atoms with Crippen molar-refractivity contribution in [2.75, 3.05) is 6.54 Å². The third-order valence-corrected chi connectivity index (χ3v) is 4.32. The summed E-state index contributed by atoms with van der Waals surface area (Å²) >= 11 is 0. The standard InChI is InChI=1S/C19H22N4O4/c1-11(2)10-15(17-22-21-12(3)27-17)20-16(24)8-9-23-18(25)13-6-4-5-7-14(13)19(23)26/h4-7,11,15H,8-10H2,1-3H3,(H,20,24). The van der Waals surface area contributed by atoms with Crippen molar-refractivity contribution in [1.82, 2.24) is 20.4 Å². The van der Waals surface area contributed by atoms with Crippen molar-refractivity contribution < 1.29 is 18.8 Å². The Morgan fingerprint density at radius 1 is 1.15 bits per heavy atom. The molecular formula is C19H22N4O4. The van der Waals surface area contributed by atoms with Gasteiger partial charge in [0.2, 0.25) is 17.7 Å². The number of fused-ring (bicyclic) bond motifs is 1. The molecule has 0 fully saturated rings. The zero-order chi connectivity index (χ0) is 19.6. The van der Waals surface area contributed by atoms with Gasteiger partial charge in [-0.1, -0.05) is 26.0 Å². The molecule has 2 heterocycles. The van der Waals surface area contributed by atoms with E-state index < -0.39 is 6.04 Å². The number of hydrogen-bond donors (Lipinski definition) is 1. The van der Waals surface area contributed by atoms with E-state index in [0.29, 0.717) is 35.2 Å². The van der Waals surface area contributed by atoms with Gasteiger partial charge in [-0.05, 0) is 24.5 Å². The maximum Gasteiger partial charge on any atom is 0.261 e. The first-order valence-electron chi connectivity index (χ1n) is 8.91.